The number of nitrogens with zero attached hydrogens (tertiary/aromatic N) is 1. The standard InChI is InChI=1S/C9H9BrClN3/c10-6-3-5(1-2-7(6)11)8-4-13-9(12)14-8/h1-3,8H,4H2,(H3,12,13,14). The molecule has 1 aliphatic heterocycles. The van der Waals surface area contributed by atoms with Gasteiger partial charge in [-0.25, -0.2) is 0 Å². The molecule has 1 aromatic carbocycles. The van der Waals surface area contributed by atoms with Crippen LogP contribution in [0.5, 0.6) is 0 Å². The third kappa shape index (κ3) is 1.86. The molecular weight excluding hydrogens is 265 g/mol. The highest BCUT2D eigenvalue weighted by molar-refractivity contribution is 9.10. The first kappa shape index (κ1) is 9.80. The summed E-state index contributed by atoms with van der Waals surface area (Å²) >= 11 is 9.28. The van der Waals surface area contributed by atoms with Crippen LogP contribution in [0, 0.1) is 0 Å². The average Bonchev–Trinajstić information content (AvgIpc) is 2.57. The lowest BCUT2D eigenvalue weighted by Crippen LogP contribution is -2.29. The molecule has 74 valence electrons. The summed E-state index contributed by atoms with van der Waals surface area (Å²) in [4.78, 5) is 4.08. The predicted molar refractivity (Wildman–Crippen MR) is 61.5 cm³/mol. The van der Waals surface area contributed by atoms with Crippen molar-refractivity contribution in [1.82, 2.24) is 5.32 Å². The van der Waals surface area contributed by atoms with Gasteiger partial charge in [0.1, 0.15) is 0 Å². The number of aliphatic imine (C=N–C) groups is 1. The Morgan fingerprint density at radius 3 is 2.93 bits per heavy atom. The van der Waals surface area contributed by atoms with E-state index in [1.807, 2.05) is 18.2 Å². The number of halogens is 2. The molecule has 5 heteroatoms. The van der Waals surface area contributed by atoms with E-state index in [-0.39, 0.29) is 6.04 Å². The summed E-state index contributed by atoms with van der Waals surface area (Å²) in [5, 5.41) is 3.79. The number of hydrogen-bond acceptors (Lipinski definition) is 3. The van der Waals surface area contributed by atoms with E-state index in [1.165, 1.54) is 0 Å². The molecule has 1 aliphatic rings. The Kier molecular flexibility index (Phi) is 2.65. The first-order valence-electron chi connectivity index (χ1n) is 4.18. The van der Waals surface area contributed by atoms with Crippen molar-refractivity contribution in [3.8, 4) is 0 Å². The van der Waals surface area contributed by atoms with Crippen LogP contribution < -0.4 is 11.1 Å². The Balaban J connectivity index is 2.22. The quantitative estimate of drug-likeness (QED) is 0.823. The second-order valence-electron chi connectivity index (χ2n) is 3.10. The number of nitrogens with two attached hydrogens (primary N) is 1. The van der Waals surface area contributed by atoms with Gasteiger partial charge in [0, 0.05) is 4.47 Å². The number of rotatable bonds is 1. The molecule has 0 amide bonds. The van der Waals surface area contributed by atoms with Gasteiger partial charge in [-0.05, 0) is 33.6 Å². The van der Waals surface area contributed by atoms with Crippen molar-refractivity contribution in [2.24, 2.45) is 10.7 Å². The number of guanidine groups is 1. The maximum Gasteiger partial charge on any atom is 0.189 e. The van der Waals surface area contributed by atoms with Crippen molar-refractivity contribution in [2.45, 2.75) is 6.04 Å². The molecule has 0 spiro atoms. The summed E-state index contributed by atoms with van der Waals surface area (Å²) in [6, 6.07) is 5.98. The van der Waals surface area contributed by atoms with E-state index in [1.54, 1.807) is 0 Å². The van der Waals surface area contributed by atoms with E-state index in [0.29, 0.717) is 17.5 Å². The monoisotopic (exact) mass is 273 g/mol. The van der Waals surface area contributed by atoms with Crippen LogP contribution in [0.3, 0.4) is 0 Å². The molecule has 3 nitrogen and oxygen atoms in total. The molecule has 14 heavy (non-hydrogen) atoms. The Hall–Kier alpha value is -0.740. The summed E-state index contributed by atoms with van der Waals surface area (Å²) in [6.07, 6.45) is 0. The minimum atomic E-state index is 0.170. The van der Waals surface area contributed by atoms with Gasteiger partial charge < -0.3 is 11.1 Å². The third-order valence-corrected chi connectivity index (χ3v) is 3.33. The molecule has 1 unspecified atom stereocenters. The summed E-state index contributed by atoms with van der Waals surface area (Å²) < 4.78 is 0.893. The highest BCUT2D eigenvalue weighted by atomic mass is 79.9. The summed E-state index contributed by atoms with van der Waals surface area (Å²) in [5.41, 5.74) is 6.66. The van der Waals surface area contributed by atoms with Crippen molar-refractivity contribution in [2.75, 3.05) is 6.54 Å². The van der Waals surface area contributed by atoms with Crippen LogP contribution in [0.2, 0.25) is 5.02 Å². The van der Waals surface area contributed by atoms with Crippen LogP contribution in [-0.4, -0.2) is 12.5 Å². The zero-order valence-electron chi connectivity index (χ0n) is 7.30. The molecule has 2 rings (SSSR count). The van der Waals surface area contributed by atoms with Crippen LogP contribution >= 0.6 is 27.5 Å². The van der Waals surface area contributed by atoms with E-state index < -0.39 is 0 Å². The lowest BCUT2D eigenvalue weighted by atomic mass is 10.1. The highest BCUT2D eigenvalue weighted by Crippen LogP contribution is 2.26. The summed E-state index contributed by atoms with van der Waals surface area (Å²) in [6.45, 7) is 0.680. The number of hydrogen-bond donors (Lipinski definition) is 2. The summed E-state index contributed by atoms with van der Waals surface area (Å²) in [7, 11) is 0. The second-order valence-corrected chi connectivity index (χ2v) is 4.36. The fourth-order valence-electron chi connectivity index (χ4n) is 1.38. The molecule has 0 aliphatic carbocycles. The van der Waals surface area contributed by atoms with Crippen LogP contribution in [0.15, 0.2) is 27.7 Å². The number of nitrogens with one attached hydrogen (secondary N) is 1. The SMILES string of the molecule is NC1=NCC(c2ccc(Cl)c(Br)c2)N1. The molecule has 1 aromatic rings. The van der Waals surface area contributed by atoms with Gasteiger partial charge in [-0.3, -0.25) is 4.99 Å². The largest absolute Gasteiger partial charge is 0.370 e. The third-order valence-electron chi connectivity index (χ3n) is 2.11. The summed E-state index contributed by atoms with van der Waals surface area (Å²) in [5.74, 6) is 0.501. The Morgan fingerprint density at radius 1 is 1.57 bits per heavy atom. The van der Waals surface area contributed by atoms with Crippen LogP contribution in [0.4, 0.5) is 0 Å². The van der Waals surface area contributed by atoms with Gasteiger partial charge in [-0.15, -0.1) is 0 Å². The molecule has 0 bridgehead atoms. The van der Waals surface area contributed by atoms with Gasteiger partial charge in [0.2, 0.25) is 0 Å². The minimum absolute atomic E-state index is 0.170. The van der Waals surface area contributed by atoms with Gasteiger partial charge in [0.15, 0.2) is 5.96 Å². The van der Waals surface area contributed by atoms with Gasteiger partial charge in [-0.2, -0.15) is 0 Å². The first-order chi connectivity index (χ1) is 6.66. The normalized spacial score (nSPS) is 20.4. The maximum atomic E-state index is 5.90. The molecule has 0 aromatic heterocycles. The van der Waals surface area contributed by atoms with E-state index in [9.17, 15) is 0 Å². The van der Waals surface area contributed by atoms with Crippen molar-refractivity contribution < 1.29 is 0 Å². The Bertz CT molecular complexity index is 392. The fourth-order valence-corrected chi connectivity index (χ4v) is 1.89. The topological polar surface area (TPSA) is 50.4 Å². The molecule has 0 radical (unpaired) electrons. The zero-order chi connectivity index (χ0) is 10.1. The Labute approximate surface area is 95.5 Å². The maximum absolute atomic E-state index is 5.90. The van der Waals surface area contributed by atoms with Gasteiger partial charge >= 0.3 is 0 Å². The van der Waals surface area contributed by atoms with E-state index >= 15 is 0 Å². The fraction of sp³-hybridized carbons (Fsp3) is 0.222. The molecule has 0 saturated carbocycles. The number of benzene rings is 1. The van der Waals surface area contributed by atoms with Crippen molar-refractivity contribution >= 4 is 33.5 Å². The predicted octanol–water partition coefficient (Wildman–Crippen LogP) is 2.06. The Morgan fingerprint density at radius 2 is 2.36 bits per heavy atom. The molecule has 1 heterocycles. The van der Waals surface area contributed by atoms with E-state index in [4.69, 9.17) is 17.3 Å². The lowest BCUT2D eigenvalue weighted by Gasteiger charge is -2.11. The second kappa shape index (κ2) is 3.79. The van der Waals surface area contributed by atoms with Gasteiger partial charge in [0.25, 0.3) is 0 Å². The first-order valence-corrected chi connectivity index (χ1v) is 5.35. The lowest BCUT2D eigenvalue weighted by molar-refractivity contribution is 0.707. The van der Waals surface area contributed by atoms with Crippen LogP contribution in [-0.2, 0) is 0 Å². The molecule has 3 N–H and O–H groups in total. The zero-order valence-corrected chi connectivity index (χ0v) is 9.64. The minimum Gasteiger partial charge on any atom is -0.370 e. The molecular formula is C9H9BrClN3. The van der Waals surface area contributed by atoms with Crippen LogP contribution in [0.25, 0.3) is 0 Å². The molecule has 1 atom stereocenters. The van der Waals surface area contributed by atoms with Gasteiger partial charge in [-0.1, -0.05) is 17.7 Å². The van der Waals surface area contributed by atoms with Gasteiger partial charge in [0.05, 0.1) is 17.6 Å². The molecule has 0 fully saturated rings. The van der Waals surface area contributed by atoms with Crippen molar-refractivity contribution in [1.29, 1.82) is 0 Å². The molecule has 0 saturated heterocycles. The van der Waals surface area contributed by atoms with E-state index in [0.717, 1.165) is 10.0 Å². The average molecular weight is 275 g/mol. The van der Waals surface area contributed by atoms with Crippen molar-refractivity contribution in [3.05, 3.63) is 33.3 Å². The van der Waals surface area contributed by atoms with Crippen molar-refractivity contribution in [3.63, 3.8) is 0 Å². The van der Waals surface area contributed by atoms with E-state index in [2.05, 4.69) is 26.2 Å². The smallest absolute Gasteiger partial charge is 0.189 e. The highest BCUT2D eigenvalue weighted by Gasteiger charge is 2.17. The van der Waals surface area contributed by atoms with Crippen LogP contribution in [0.1, 0.15) is 11.6 Å².